The maximum absolute atomic E-state index is 11.9. The summed E-state index contributed by atoms with van der Waals surface area (Å²) in [5.74, 6) is 0.667. The Balaban J connectivity index is 2.43. The summed E-state index contributed by atoms with van der Waals surface area (Å²) in [4.78, 5) is 26.5. The Hall–Kier alpha value is -1.32. The first-order valence-corrected chi connectivity index (χ1v) is 5.73. The fourth-order valence-electron chi connectivity index (χ4n) is 1.92. The molecule has 0 amide bonds. The molecule has 0 aliphatic heterocycles. The summed E-state index contributed by atoms with van der Waals surface area (Å²) in [6.45, 7) is 5.55. The molecular weight excluding hydrogens is 204 g/mol. The van der Waals surface area contributed by atoms with Gasteiger partial charge in [0.05, 0.1) is 0 Å². The number of aromatic nitrogens is 2. The van der Waals surface area contributed by atoms with Crippen molar-refractivity contribution in [3.8, 4) is 0 Å². The molecule has 0 spiro atoms. The minimum Gasteiger partial charge on any atom is -0.311 e. The average molecular weight is 222 g/mol. The number of hydrogen-bond donors (Lipinski definition) is 1. The largest absolute Gasteiger partial charge is 0.329 e. The lowest BCUT2D eigenvalue weighted by molar-refractivity contribution is 0.365. The Kier molecular flexibility index (Phi) is 2.52. The summed E-state index contributed by atoms with van der Waals surface area (Å²) in [6.07, 6.45) is 3.25. The van der Waals surface area contributed by atoms with E-state index in [0.29, 0.717) is 5.92 Å². The van der Waals surface area contributed by atoms with E-state index in [4.69, 9.17) is 0 Å². The van der Waals surface area contributed by atoms with Crippen LogP contribution in [0.15, 0.2) is 15.7 Å². The zero-order chi connectivity index (χ0) is 11.9. The molecule has 4 heteroatoms. The van der Waals surface area contributed by atoms with Gasteiger partial charge in [-0.1, -0.05) is 0 Å². The first-order chi connectivity index (χ1) is 7.38. The van der Waals surface area contributed by atoms with E-state index in [2.05, 4.69) is 4.98 Å². The van der Waals surface area contributed by atoms with Crippen LogP contribution >= 0.6 is 0 Å². The zero-order valence-corrected chi connectivity index (χ0v) is 10.0. The lowest BCUT2D eigenvalue weighted by Gasteiger charge is -2.20. The number of nitrogens with one attached hydrogen (secondary N) is 1. The zero-order valence-electron chi connectivity index (χ0n) is 10.0. The van der Waals surface area contributed by atoms with E-state index in [1.165, 1.54) is 17.4 Å². The van der Waals surface area contributed by atoms with Crippen LogP contribution in [0.2, 0.25) is 0 Å². The second-order valence-corrected chi connectivity index (χ2v) is 5.59. The van der Waals surface area contributed by atoms with Crippen molar-refractivity contribution in [2.75, 3.05) is 0 Å². The number of rotatable bonds is 2. The standard InChI is InChI=1S/C12H18N2O2/c1-12(2,3)14-10(15)7-9(13-11(14)16)6-8-4-5-8/h7-8H,4-6H2,1-3H3,(H,13,16). The van der Waals surface area contributed by atoms with Gasteiger partial charge in [0.1, 0.15) is 0 Å². The molecule has 0 radical (unpaired) electrons. The van der Waals surface area contributed by atoms with Crippen LogP contribution in [-0.4, -0.2) is 9.55 Å². The first-order valence-electron chi connectivity index (χ1n) is 5.73. The molecule has 1 N–H and O–H groups in total. The highest BCUT2D eigenvalue weighted by atomic mass is 16.2. The maximum Gasteiger partial charge on any atom is 0.329 e. The van der Waals surface area contributed by atoms with Crippen molar-refractivity contribution in [2.45, 2.75) is 45.6 Å². The summed E-state index contributed by atoms with van der Waals surface area (Å²) in [7, 11) is 0. The fourth-order valence-corrected chi connectivity index (χ4v) is 1.92. The smallest absolute Gasteiger partial charge is 0.311 e. The Morgan fingerprint density at radius 1 is 1.38 bits per heavy atom. The fraction of sp³-hybridized carbons (Fsp3) is 0.667. The van der Waals surface area contributed by atoms with E-state index in [1.54, 1.807) is 6.07 Å². The van der Waals surface area contributed by atoms with E-state index in [-0.39, 0.29) is 11.2 Å². The van der Waals surface area contributed by atoms with Crippen LogP contribution < -0.4 is 11.2 Å². The topological polar surface area (TPSA) is 54.9 Å². The van der Waals surface area contributed by atoms with Crippen molar-refractivity contribution in [3.05, 3.63) is 32.6 Å². The van der Waals surface area contributed by atoms with Crippen LogP contribution in [0.3, 0.4) is 0 Å². The van der Waals surface area contributed by atoms with Crippen molar-refractivity contribution in [1.29, 1.82) is 0 Å². The molecule has 4 nitrogen and oxygen atoms in total. The van der Waals surface area contributed by atoms with Crippen LogP contribution in [0.1, 0.15) is 39.3 Å². The molecule has 1 fully saturated rings. The highest BCUT2D eigenvalue weighted by Gasteiger charge is 2.23. The molecule has 16 heavy (non-hydrogen) atoms. The van der Waals surface area contributed by atoms with Gasteiger partial charge in [-0.2, -0.15) is 0 Å². The molecule has 0 unspecified atom stereocenters. The van der Waals surface area contributed by atoms with Gasteiger partial charge in [-0.3, -0.25) is 9.36 Å². The molecule has 1 heterocycles. The molecule has 1 aromatic heterocycles. The van der Waals surface area contributed by atoms with Gasteiger partial charge >= 0.3 is 5.69 Å². The van der Waals surface area contributed by atoms with Crippen molar-refractivity contribution in [2.24, 2.45) is 5.92 Å². The molecule has 0 atom stereocenters. The van der Waals surface area contributed by atoms with Crippen molar-refractivity contribution >= 4 is 0 Å². The average Bonchev–Trinajstić information content (AvgIpc) is 2.83. The highest BCUT2D eigenvalue weighted by Crippen LogP contribution is 2.31. The second-order valence-electron chi connectivity index (χ2n) is 5.59. The van der Waals surface area contributed by atoms with Crippen molar-refractivity contribution < 1.29 is 0 Å². The predicted molar refractivity (Wildman–Crippen MR) is 62.7 cm³/mol. The van der Waals surface area contributed by atoms with E-state index in [1.807, 2.05) is 20.8 Å². The van der Waals surface area contributed by atoms with Gasteiger partial charge in [0.25, 0.3) is 5.56 Å². The number of hydrogen-bond acceptors (Lipinski definition) is 2. The van der Waals surface area contributed by atoms with E-state index in [9.17, 15) is 9.59 Å². The highest BCUT2D eigenvalue weighted by molar-refractivity contribution is 5.04. The van der Waals surface area contributed by atoms with Crippen LogP contribution in [0.5, 0.6) is 0 Å². The Bertz CT molecular complexity index is 470. The molecule has 1 saturated carbocycles. The van der Waals surface area contributed by atoms with Crippen molar-refractivity contribution in [3.63, 3.8) is 0 Å². The van der Waals surface area contributed by atoms with Crippen LogP contribution in [0.4, 0.5) is 0 Å². The summed E-state index contributed by atoms with van der Waals surface area (Å²) in [5, 5.41) is 0. The first kappa shape index (κ1) is 11.2. The third-order valence-electron chi connectivity index (χ3n) is 2.87. The van der Waals surface area contributed by atoms with E-state index < -0.39 is 5.54 Å². The van der Waals surface area contributed by atoms with Crippen LogP contribution in [-0.2, 0) is 12.0 Å². The molecule has 0 aromatic carbocycles. The van der Waals surface area contributed by atoms with Crippen LogP contribution in [0.25, 0.3) is 0 Å². The van der Waals surface area contributed by atoms with Crippen LogP contribution in [0, 0.1) is 5.92 Å². The predicted octanol–water partition coefficient (Wildman–Crippen LogP) is 1.24. The lowest BCUT2D eigenvalue weighted by Crippen LogP contribution is -2.44. The Morgan fingerprint density at radius 3 is 2.44 bits per heavy atom. The van der Waals surface area contributed by atoms with Gasteiger partial charge < -0.3 is 4.98 Å². The van der Waals surface area contributed by atoms with Gasteiger partial charge in [-0.05, 0) is 46.0 Å². The summed E-state index contributed by atoms with van der Waals surface area (Å²) < 4.78 is 1.27. The minimum absolute atomic E-state index is 0.202. The molecule has 88 valence electrons. The molecule has 1 aliphatic carbocycles. The molecule has 2 rings (SSSR count). The quantitative estimate of drug-likeness (QED) is 0.818. The van der Waals surface area contributed by atoms with Gasteiger partial charge in [0, 0.05) is 17.3 Å². The van der Waals surface area contributed by atoms with Gasteiger partial charge in [-0.25, -0.2) is 4.79 Å². The third kappa shape index (κ3) is 2.26. The minimum atomic E-state index is -0.469. The van der Waals surface area contributed by atoms with Crippen molar-refractivity contribution in [1.82, 2.24) is 9.55 Å². The Morgan fingerprint density at radius 2 is 2.00 bits per heavy atom. The Labute approximate surface area is 94.3 Å². The summed E-state index contributed by atoms with van der Waals surface area (Å²) in [5.41, 5.74) is -0.191. The SMILES string of the molecule is CC(C)(C)n1c(=O)cc(CC2CC2)[nH]c1=O. The molecule has 0 bridgehead atoms. The molecule has 1 aliphatic rings. The van der Waals surface area contributed by atoms with Gasteiger partial charge in [0.15, 0.2) is 0 Å². The monoisotopic (exact) mass is 222 g/mol. The second kappa shape index (κ2) is 3.61. The third-order valence-corrected chi connectivity index (χ3v) is 2.87. The number of aromatic amines is 1. The normalized spacial score (nSPS) is 16.4. The number of H-pyrrole nitrogens is 1. The molecule has 1 aromatic rings. The molecular formula is C12H18N2O2. The summed E-state index contributed by atoms with van der Waals surface area (Å²) >= 11 is 0. The molecule has 0 saturated heterocycles. The lowest BCUT2D eigenvalue weighted by atomic mass is 10.1. The maximum atomic E-state index is 11.9. The van der Waals surface area contributed by atoms with Gasteiger partial charge in [-0.15, -0.1) is 0 Å². The van der Waals surface area contributed by atoms with E-state index >= 15 is 0 Å². The summed E-state index contributed by atoms with van der Waals surface area (Å²) in [6, 6.07) is 1.56. The van der Waals surface area contributed by atoms with E-state index in [0.717, 1.165) is 12.1 Å². The van der Waals surface area contributed by atoms with Gasteiger partial charge in [0.2, 0.25) is 0 Å². The number of nitrogens with zero attached hydrogens (tertiary/aromatic N) is 1.